The summed E-state index contributed by atoms with van der Waals surface area (Å²) in [5, 5.41) is 17.0. The predicted molar refractivity (Wildman–Crippen MR) is 53.2 cm³/mol. The van der Waals surface area contributed by atoms with Gasteiger partial charge in [-0.15, -0.1) is 0 Å². The molecule has 1 aliphatic rings. The molecular formula is C8H7NOS2. The first-order valence-electron chi connectivity index (χ1n) is 3.29. The van der Waals surface area contributed by atoms with Crippen LogP contribution < -0.4 is 0 Å². The lowest BCUT2D eigenvalue weighted by molar-refractivity contribution is 0.339. The molecule has 1 heterocycles. The van der Waals surface area contributed by atoms with Crippen LogP contribution in [0.3, 0.4) is 0 Å². The minimum atomic E-state index is 0.0867. The van der Waals surface area contributed by atoms with Gasteiger partial charge in [0.15, 0.2) is 0 Å². The summed E-state index contributed by atoms with van der Waals surface area (Å²) in [6.07, 6.45) is 6.94. The van der Waals surface area contributed by atoms with Gasteiger partial charge < -0.3 is 5.11 Å². The molecule has 1 aliphatic heterocycles. The number of hydrogen-bond donors (Lipinski definition) is 1. The molecule has 0 unspecified atom stereocenters. The second-order valence-electron chi connectivity index (χ2n) is 1.99. The van der Waals surface area contributed by atoms with E-state index >= 15 is 0 Å². The SMILES string of the molecule is N#C/C=C/C1=CC=C(CO)SS1. The third kappa shape index (κ3) is 2.78. The van der Waals surface area contributed by atoms with Gasteiger partial charge in [0.25, 0.3) is 0 Å². The molecule has 1 N–H and O–H groups in total. The smallest absolute Gasteiger partial charge is 0.0912 e. The normalized spacial score (nSPS) is 17.0. The first-order chi connectivity index (χ1) is 5.86. The first kappa shape index (κ1) is 9.46. The molecule has 0 amide bonds. The maximum absolute atomic E-state index is 8.75. The van der Waals surface area contributed by atoms with Crippen LogP contribution in [0.5, 0.6) is 0 Å². The highest BCUT2D eigenvalue weighted by molar-refractivity contribution is 8.79. The Bertz CT molecular complexity index is 286. The Balaban J connectivity index is 2.61. The fourth-order valence-electron chi connectivity index (χ4n) is 0.614. The Kier molecular flexibility index (Phi) is 4.01. The third-order valence-electron chi connectivity index (χ3n) is 1.16. The van der Waals surface area contributed by atoms with E-state index in [1.54, 1.807) is 16.9 Å². The van der Waals surface area contributed by atoms with Gasteiger partial charge in [-0.1, -0.05) is 21.6 Å². The molecule has 1 rings (SSSR count). The number of rotatable bonds is 2. The molecule has 0 radical (unpaired) electrons. The summed E-state index contributed by atoms with van der Waals surface area (Å²) in [7, 11) is 3.07. The van der Waals surface area contributed by atoms with Gasteiger partial charge in [-0.25, -0.2) is 0 Å². The second kappa shape index (κ2) is 5.09. The Labute approximate surface area is 79.1 Å². The summed E-state index contributed by atoms with van der Waals surface area (Å²) in [6, 6.07) is 1.93. The summed E-state index contributed by atoms with van der Waals surface area (Å²) < 4.78 is 0. The molecule has 12 heavy (non-hydrogen) atoms. The van der Waals surface area contributed by atoms with E-state index in [2.05, 4.69) is 0 Å². The molecule has 0 bridgehead atoms. The molecule has 0 aromatic heterocycles. The minimum absolute atomic E-state index is 0.0867. The van der Waals surface area contributed by atoms with E-state index in [0.717, 1.165) is 9.81 Å². The molecule has 0 aromatic carbocycles. The molecule has 4 heteroatoms. The van der Waals surface area contributed by atoms with Gasteiger partial charge in [-0.3, -0.25) is 0 Å². The molecule has 0 saturated carbocycles. The van der Waals surface area contributed by atoms with E-state index in [1.807, 2.05) is 18.2 Å². The van der Waals surface area contributed by atoms with Crippen LogP contribution in [0.4, 0.5) is 0 Å². The second-order valence-corrected chi connectivity index (χ2v) is 4.32. The fraction of sp³-hybridized carbons (Fsp3) is 0.125. The van der Waals surface area contributed by atoms with Crippen molar-refractivity contribution in [2.75, 3.05) is 6.61 Å². The van der Waals surface area contributed by atoms with E-state index in [1.165, 1.54) is 16.9 Å². The van der Waals surface area contributed by atoms with E-state index in [4.69, 9.17) is 10.4 Å². The summed E-state index contributed by atoms with van der Waals surface area (Å²) in [5.41, 5.74) is 0. The topological polar surface area (TPSA) is 44.0 Å². The zero-order valence-electron chi connectivity index (χ0n) is 6.23. The van der Waals surface area contributed by atoms with Crippen LogP contribution in [-0.4, -0.2) is 11.7 Å². The molecule has 2 nitrogen and oxygen atoms in total. The van der Waals surface area contributed by atoms with Crippen LogP contribution in [-0.2, 0) is 0 Å². The summed E-state index contributed by atoms with van der Waals surface area (Å²) >= 11 is 0. The van der Waals surface area contributed by atoms with E-state index in [9.17, 15) is 0 Å². The lowest BCUT2D eigenvalue weighted by atomic mass is 10.4. The Morgan fingerprint density at radius 2 is 2.33 bits per heavy atom. The number of allylic oxidation sites excluding steroid dienone is 4. The third-order valence-corrected chi connectivity index (χ3v) is 3.65. The van der Waals surface area contributed by atoms with Crippen molar-refractivity contribution < 1.29 is 5.11 Å². The molecule has 62 valence electrons. The first-order valence-corrected chi connectivity index (χ1v) is 5.44. The van der Waals surface area contributed by atoms with Gasteiger partial charge in [0.2, 0.25) is 0 Å². The van der Waals surface area contributed by atoms with Gasteiger partial charge in [0, 0.05) is 15.9 Å². The molecule has 0 aromatic rings. The van der Waals surface area contributed by atoms with Crippen molar-refractivity contribution in [1.82, 2.24) is 0 Å². The Morgan fingerprint density at radius 3 is 2.83 bits per heavy atom. The molecule has 0 aliphatic carbocycles. The minimum Gasteiger partial charge on any atom is -0.391 e. The highest BCUT2D eigenvalue weighted by Crippen LogP contribution is 2.39. The van der Waals surface area contributed by atoms with Crippen LogP contribution in [0, 0.1) is 11.3 Å². The number of nitrogens with zero attached hydrogens (tertiary/aromatic N) is 1. The van der Waals surface area contributed by atoms with Crippen LogP contribution in [0.25, 0.3) is 0 Å². The molecule has 0 fully saturated rings. The zero-order chi connectivity index (χ0) is 8.81. The maximum atomic E-state index is 8.75. The van der Waals surface area contributed by atoms with Crippen LogP contribution in [0.2, 0.25) is 0 Å². The van der Waals surface area contributed by atoms with Gasteiger partial charge in [-0.05, 0) is 18.2 Å². The quantitative estimate of drug-likeness (QED) is 0.544. The van der Waals surface area contributed by atoms with Crippen molar-refractivity contribution in [3.05, 3.63) is 34.1 Å². The summed E-state index contributed by atoms with van der Waals surface area (Å²) in [5.74, 6) is 0. The lowest BCUT2D eigenvalue weighted by Gasteiger charge is -2.07. The van der Waals surface area contributed by atoms with Crippen molar-refractivity contribution in [3.63, 3.8) is 0 Å². The maximum Gasteiger partial charge on any atom is 0.0912 e. The average molecular weight is 197 g/mol. The van der Waals surface area contributed by atoms with Gasteiger partial charge in [0.1, 0.15) is 0 Å². The van der Waals surface area contributed by atoms with Crippen LogP contribution in [0.15, 0.2) is 34.1 Å². The van der Waals surface area contributed by atoms with Gasteiger partial charge in [-0.2, -0.15) is 5.26 Å². The Hall–Kier alpha value is -0.630. The number of nitriles is 1. The standard InChI is InChI=1S/C8H7NOS2/c9-5-1-2-7-3-4-8(6-10)12-11-7/h1-4,10H,6H2/b2-1+. The van der Waals surface area contributed by atoms with Gasteiger partial charge >= 0.3 is 0 Å². The molecule has 0 atom stereocenters. The van der Waals surface area contributed by atoms with Gasteiger partial charge in [0.05, 0.1) is 12.7 Å². The highest BCUT2D eigenvalue weighted by Gasteiger charge is 2.03. The fourth-order valence-corrected chi connectivity index (χ4v) is 2.51. The molecular weight excluding hydrogens is 190 g/mol. The van der Waals surface area contributed by atoms with Crippen LogP contribution >= 0.6 is 21.6 Å². The monoisotopic (exact) mass is 197 g/mol. The number of hydrogen-bond acceptors (Lipinski definition) is 4. The Morgan fingerprint density at radius 1 is 1.50 bits per heavy atom. The predicted octanol–water partition coefficient (Wildman–Crippen LogP) is 2.22. The number of aliphatic hydroxyl groups excluding tert-OH is 1. The summed E-state index contributed by atoms with van der Waals surface area (Å²) in [4.78, 5) is 1.97. The average Bonchev–Trinajstić information content (AvgIpc) is 2.15. The van der Waals surface area contributed by atoms with E-state index in [0.29, 0.717) is 0 Å². The molecule has 0 spiro atoms. The number of aliphatic hydroxyl groups is 1. The lowest BCUT2D eigenvalue weighted by Crippen LogP contribution is -1.85. The van der Waals surface area contributed by atoms with Crippen LogP contribution in [0.1, 0.15) is 0 Å². The van der Waals surface area contributed by atoms with E-state index < -0.39 is 0 Å². The van der Waals surface area contributed by atoms with Crippen molar-refractivity contribution in [1.29, 1.82) is 5.26 Å². The zero-order valence-corrected chi connectivity index (χ0v) is 7.86. The summed E-state index contributed by atoms with van der Waals surface area (Å²) in [6.45, 7) is 0.0867. The van der Waals surface area contributed by atoms with Crippen molar-refractivity contribution in [3.8, 4) is 6.07 Å². The van der Waals surface area contributed by atoms with Crippen molar-refractivity contribution in [2.24, 2.45) is 0 Å². The largest absolute Gasteiger partial charge is 0.391 e. The molecule has 0 saturated heterocycles. The van der Waals surface area contributed by atoms with E-state index in [-0.39, 0.29) is 6.61 Å². The van der Waals surface area contributed by atoms with Crippen molar-refractivity contribution in [2.45, 2.75) is 0 Å². The highest BCUT2D eigenvalue weighted by atomic mass is 33.1. The van der Waals surface area contributed by atoms with Crippen molar-refractivity contribution >= 4 is 21.6 Å².